The molecule has 0 unspecified atom stereocenters. The van der Waals surface area contributed by atoms with Crippen molar-refractivity contribution in [3.63, 3.8) is 0 Å². The number of rotatable bonds is 4. The lowest BCUT2D eigenvalue weighted by atomic mass is 10.3. The summed E-state index contributed by atoms with van der Waals surface area (Å²) in [6.45, 7) is 2.19. The molecule has 11 heteroatoms. The summed E-state index contributed by atoms with van der Waals surface area (Å²) in [6.07, 6.45) is 3.11. The zero-order valence-corrected chi connectivity index (χ0v) is 15.7. The van der Waals surface area contributed by atoms with Gasteiger partial charge in [0, 0.05) is 17.8 Å². The minimum atomic E-state index is -0.641. The van der Waals surface area contributed by atoms with Gasteiger partial charge in [-0.15, -0.1) is 0 Å². The molecule has 3 aromatic heterocycles. The average molecular weight is 407 g/mol. The molecule has 1 fully saturated rings. The van der Waals surface area contributed by atoms with Crippen molar-refractivity contribution in [3.8, 4) is 5.75 Å². The van der Waals surface area contributed by atoms with Gasteiger partial charge in [0.1, 0.15) is 17.9 Å². The van der Waals surface area contributed by atoms with Crippen LogP contribution in [0.4, 0.5) is 17.3 Å². The summed E-state index contributed by atoms with van der Waals surface area (Å²) in [4.78, 5) is 29.4. The molecule has 3 aliphatic rings. The van der Waals surface area contributed by atoms with E-state index in [-0.39, 0.29) is 22.7 Å². The normalized spacial score (nSPS) is 19.1. The van der Waals surface area contributed by atoms with Crippen molar-refractivity contribution in [2.24, 2.45) is 11.7 Å². The maximum atomic E-state index is 13.1. The lowest BCUT2D eigenvalue weighted by Crippen LogP contribution is -2.24. The Balaban J connectivity index is 1.47. The predicted octanol–water partition coefficient (Wildman–Crippen LogP) is 0.409. The third-order valence-electron chi connectivity index (χ3n) is 5.51. The van der Waals surface area contributed by atoms with E-state index in [0.717, 1.165) is 5.70 Å². The summed E-state index contributed by atoms with van der Waals surface area (Å²) < 4.78 is 14.3. The van der Waals surface area contributed by atoms with Crippen molar-refractivity contribution in [1.82, 2.24) is 19.2 Å². The van der Waals surface area contributed by atoms with Crippen LogP contribution in [0.2, 0.25) is 0 Å². The van der Waals surface area contributed by atoms with E-state index < -0.39 is 5.91 Å². The van der Waals surface area contributed by atoms with Crippen LogP contribution in [0.25, 0.3) is 11.3 Å². The van der Waals surface area contributed by atoms with Crippen molar-refractivity contribution < 1.29 is 14.3 Å². The molecule has 2 aliphatic heterocycles. The zero-order valence-electron chi connectivity index (χ0n) is 15.7. The molecule has 0 saturated carbocycles. The van der Waals surface area contributed by atoms with Crippen LogP contribution in [-0.4, -0.2) is 51.4 Å². The lowest BCUT2D eigenvalue weighted by molar-refractivity contribution is 0.100. The number of amides is 1. The van der Waals surface area contributed by atoms with Gasteiger partial charge < -0.3 is 25.8 Å². The van der Waals surface area contributed by atoms with E-state index in [9.17, 15) is 9.59 Å². The number of carbonyl (C=O) groups is 1. The first-order valence-electron chi connectivity index (χ1n) is 9.51. The highest BCUT2D eigenvalue weighted by Gasteiger charge is 2.43. The van der Waals surface area contributed by atoms with Crippen molar-refractivity contribution >= 4 is 34.6 Å². The molecule has 0 radical (unpaired) electrons. The monoisotopic (exact) mass is 407 g/mol. The molecule has 0 aromatic carbocycles. The number of nitrogens with one attached hydrogen (secondary N) is 2. The Bertz CT molecular complexity index is 1320. The first kappa shape index (κ1) is 17.0. The number of pyridine rings is 1. The molecule has 1 amide bonds. The molecule has 1 atom stereocenters. The Morgan fingerprint density at radius 1 is 1.40 bits per heavy atom. The summed E-state index contributed by atoms with van der Waals surface area (Å²) in [5.41, 5.74) is 8.23. The van der Waals surface area contributed by atoms with Gasteiger partial charge in [-0.05, 0) is 17.7 Å². The van der Waals surface area contributed by atoms with Crippen LogP contribution in [0, 0.1) is 5.92 Å². The van der Waals surface area contributed by atoms with Gasteiger partial charge in [0.05, 0.1) is 26.0 Å². The molecule has 5 heterocycles. The van der Waals surface area contributed by atoms with Crippen LogP contribution in [0.5, 0.6) is 5.75 Å². The van der Waals surface area contributed by atoms with Crippen LogP contribution in [0.3, 0.4) is 0 Å². The number of aromatic nitrogens is 4. The van der Waals surface area contributed by atoms with E-state index in [0.29, 0.717) is 49.4 Å². The number of ether oxygens (including phenoxy) is 2. The summed E-state index contributed by atoms with van der Waals surface area (Å²) in [7, 11) is 0. The Morgan fingerprint density at radius 2 is 2.30 bits per heavy atom. The third kappa shape index (κ3) is 2.35. The van der Waals surface area contributed by atoms with Gasteiger partial charge in [-0.2, -0.15) is 9.61 Å². The molecule has 0 bridgehead atoms. The van der Waals surface area contributed by atoms with Gasteiger partial charge in [-0.1, -0.05) is 0 Å². The second-order valence-electron chi connectivity index (χ2n) is 7.27. The molecule has 1 aliphatic carbocycles. The minimum Gasteiger partial charge on any atom is -0.485 e. The molecular formula is C19H17N7O4. The van der Waals surface area contributed by atoms with Crippen LogP contribution in [0.1, 0.15) is 10.4 Å². The standard InChI is InChI=1S/C19H17N7O4/c20-15(27)9-6-22-26-17(9)24-16(14-18(26)21-3-5-30-14)23-12-2-1-4-25(19(12)28)13-10-7-29-8-11(10)13/h1-2,4,6,10,21H,3,5,7-8H2,(H2,20,27)(H,23,24)/t10-/m1/s1. The topological polar surface area (TPSA) is 138 Å². The van der Waals surface area contributed by atoms with Gasteiger partial charge in [-0.3, -0.25) is 14.2 Å². The van der Waals surface area contributed by atoms with Gasteiger partial charge in [0.2, 0.25) is 5.75 Å². The van der Waals surface area contributed by atoms with Crippen molar-refractivity contribution in [3.05, 3.63) is 46.0 Å². The van der Waals surface area contributed by atoms with Crippen LogP contribution in [0.15, 0.2) is 34.9 Å². The number of nitrogens with two attached hydrogens (primary N) is 1. The second-order valence-corrected chi connectivity index (χ2v) is 7.27. The van der Waals surface area contributed by atoms with E-state index >= 15 is 0 Å². The number of carbonyl (C=O) groups excluding carboxylic acids is 1. The predicted molar refractivity (Wildman–Crippen MR) is 107 cm³/mol. The van der Waals surface area contributed by atoms with Gasteiger partial charge in [0.15, 0.2) is 17.3 Å². The Labute approximate surface area is 169 Å². The number of hydrogen-bond acceptors (Lipinski definition) is 8. The SMILES string of the molecule is NC(=O)c1cnn2c3c(c(Nc4cccn(C5=C6COC[C@H]65)c4=O)nc12)OCCN3. The molecule has 30 heavy (non-hydrogen) atoms. The van der Waals surface area contributed by atoms with E-state index in [4.69, 9.17) is 15.2 Å². The maximum absolute atomic E-state index is 13.1. The highest BCUT2D eigenvalue weighted by atomic mass is 16.5. The summed E-state index contributed by atoms with van der Waals surface area (Å²) in [5, 5.41) is 10.5. The van der Waals surface area contributed by atoms with Crippen LogP contribution >= 0.6 is 0 Å². The third-order valence-corrected chi connectivity index (χ3v) is 5.51. The molecular weight excluding hydrogens is 390 g/mol. The van der Waals surface area contributed by atoms with Crippen molar-refractivity contribution in [2.75, 3.05) is 37.0 Å². The smallest absolute Gasteiger partial charge is 0.278 e. The Morgan fingerprint density at radius 3 is 3.10 bits per heavy atom. The summed E-state index contributed by atoms with van der Waals surface area (Å²) in [5.74, 6) is 0.855. The second kappa shape index (κ2) is 6.07. The van der Waals surface area contributed by atoms with Crippen molar-refractivity contribution in [1.29, 1.82) is 0 Å². The maximum Gasteiger partial charge on any atom is 0.278 e. The minimum absolute atomic E-state index is 0.177. The molecule has 6 rings (SSSR count). The van der Waals surface area contributed by atoms with Gasteiger partial charge in [0.25, 0.3) is 11.5 Å². The number of anilines is 3. The fourth-order valence-corrected chi connectivity index (χ4v) is 4.03. The average Bonchev–Trinajstić information content (AvgIpc) is 3.09. The number of nitrogens with zero attached hydrogens (tertiary/aromatic N) is 4. The van der Waals surface area contributed by atoms with E-state index in [1.54, 1.807) is 22.9 Å². The fraction of sp³-hybridized carbons (Fsp3) is 0.263. The van der Waals surface area contributed by atoms with Crippen LogP contribution in [-0.2, 0) is 4.74 Å². The first-order valence-corrected chi connectivity index (χ1v) is 9.51. The van der Waals surface area contributed by atoms with E-state index in [2.05, 4.69) is 20.7 Å². The molecule has 11 nitrogen and oxygen atoms in total. The first-order chi connectivity index (χ1) is 14.6. The fourth-order valence-electron chi connectivity index (χ4n) is 4.03. The molecule has 1 saturated heterocycles. The number of hydrogen-bond donors (Lipinski definition) is 3. The van der Waals surface area contributed by atoms with Crippen LogP contribution < -0.4 is 26.7 Å². The highest BCUT2D eigenvalue weighted by molar-refractivity contribution is 5.99. The molecule has 152 valence electrons. The van der Waals surface area contributed by atoms with E-state index in [1.165, 1.54) is 16.3 Å². The van der Waals surface area contributed by atoms with Gasteiger partial charge >= 0.3 is 0 Å². The van der Waals surface area contributed by atoms with E-state index in [1.807, 2.05) is 0 Å². The lowest BCUT2D eigenvalue weighted by Gasteiger charge is -2.22. The Kier molecular flexibility index (Phi) is 3.45. The molecule has 3 aromatic rings. The summed E-state index contributed by atoms with van der Waals surface area (Å²) >= 11 is 0. The zero-order chi connectivity index (χ0) is 20.4. The number of primary amides is 1. The highest BCUT2D eigenvalue weighted by Crippen LogP contribution is 2.46. The number of fused-ring (bicyclic) bond motifs is 4. The van der Waals surface area contributed by atoms with Crippen molar-refractivity contribution in [2.45, 2.75) is 0 Å². The quantitative estimate of drug-likeness (QED) is 0.565. The summed E-state index contributed by atoms with van der Waals surface area (Å²) in [6, 6.07) is 3.47. The molecule has 4 N–H and O–H groups in total. The Hall–Kier alpha value is -3.86. The van der Waals surface area contributed by atoms with Gasteiger partial charge in [-0.25, -0.2) is 4.98 Å². The largest absolute Gasteiger partial charge is 0.485 e. The molecule has 0 spiro atoms.